The van der Waals surface area contributed by atoms with Crippen LogP contribution in [0, 0.1) is 0 Å². The third kappa shape index (κ3) is 5.45. The summed E-state index contributed by atoms with van der Waals surface area (Å²) in [4.78, 5) is 16.5. The number of benzene rings is 1. The fraction of sp³-hybridized carbons (Fsp3) is 0.654. The van der Waals surface area contributed by atoms with Crippen LogP contribution in [0.1, 0.15) is 54.9 Å². The van der Waals surface area contributed by atoms with Crippen molar-refractivity contribution in [3.05, 3.63) is 30.5 Å². The molecule has 1 aromatic carbocycles. The number of piperazine rings is 1. The van der Waals surface area contributed by atoms with Crippen LogP contribution in [0.5, 0.6) is 0 Å². The van der Waals surface area contributed by atoms with Crippen molar-refractivity contribution in [3.63, 3.8) is 0 Å². The zero-order valence-electron chi connectivity index (χ0n) is 21.9. The highest BCUT2D eigenvalue weighted by molar-refractivity contribution is 6.62. The van der Waals surface area contributed by atoms with E-state index in [2.05, 4.69) is 67.6 Å². The number of aryl methyl sites for hydroxylation is 1. The molecule has 7 nitrogen and oxygen atoms in total. The molecule has 2 aliphatic heterocycles. The first-order valence-corrected chi connectivity index (χ1v) is 12.5. The van der Waals surface area contributed by atoms with Gasteiger partial charge in [-0.25, -0.2) is 4.79 Å². The molecule has 2 saturated heterocycles. The highest BCUT2D eigenvalue weighted by Crippen LogP contribution is 2.36. The quantitative estimate of drug-likeness (QED) is 0.623. The minimum atomic E-state index is -0.448. The van der Waals surface area contributed by atoms with Crippen molar-refractivity contribution >= 4 is 29.6 Å². The maximum Gasteiger partial charge on any atom is 0.494 e. The molecule has 186 valence electrons. The standard InChI is InChI=1S/C26H40BN3O4/c1-24(2,3)32-23(31)30-17-15-28(16-18-30)12-8-13-29-14-11-20-9-10-21(19-22(20)29)27-33-25(4,5)26(6,7)34-27/h9-11,14,19H,8,12-13,15-18H2,1-7H3. The van der Waals surface area contributed by atoms with Crippen molar-refractivity contribution in [3.8, 4) is 0 Å². The third-order valence-corrected chi connectivity index (χ3v) is 7.22. The molecule has 0 radical (unpaired) electrons. The fourth-order valence-corrected chi connectivity index (χ4v) is 4.47. The Hall–Kier alpha value is -2.03. The Morgan fingerprint density at radius 1 is 1.00 bits per heavy atom. The Kier molecular flexibility index (Phi) is 6.79. The summed E-state index contributed by atoms with van der Waals surface area (Å²) in [5, 5.41) is 1.23. The first kappa shape index (κ1) is 25.1. The van der Waals surface area contributed by atoms with E-state index < -0.39 is 5.60 Å². The first-order chi connectivity index (χ1) is 15.8. The molecule has 0 atom stereocenters. The first-order valence-electron chi connectivity index (χ1n) is 12.5. The lowest BCUT2D eigenvalue weighted by Crippen LogP contribution is -2.50. The number of amides is 1. The average molecular weight is 469 g/mol. The Morgan fingerprint density at radius 3 is 2.26 bits per heavy atom. The molecule has 3 heterocycles. The van der Waals surface area contributed by atoms with E-state index >= 15 is 0 Å². The van der Waals surface area contributed by atoms with E-state index in [-0.39, 0.29) is 24.4 Å². The Balaban J connectivity index is 1.31. The number of hydrogen-bond acceptors (Lipinski definition) is 5. The molecule has 2 aromatic rings. The number of aromatic nitrogens is 1. The second-order valence-electron chi connectivity index (χ2n) is 11.6. The van der Waals surface area contributed by atoms with E-state index in [1.165, 1.54) is 10.9 Å². The Bertz CT molecular complexity index is 1000. The topological polar surface area (TPSA) is 56.2 Å². The van der Waals surface area contributed by atoms with Crippen LogP contribution in [0.3, 0.4) is 0 Å². The molecule has 2 fully saturated rings. The third-order valence-electron chi connectivity index (χ3n) is 7.22. The van der Waals surface area contributed by atoms with E-state index in [4.69, 9.17) is 14.0 Å². The monoisotopic (exact) mass is 469 g/mol. The van der Waals surface area contributed by atoms with Crippen molar-refractivity contribution in [2.75, 3.05) is 32.7 Å². The minimum Gasteiger partial charge on any atom is -0.444 e. The summed E-state index contributed by atoms with van der Waals surface area (Å²) in [6.07, 6.45) is 3.01. The van der Waals surface area contributed by atoms with Gasteiger partial charge in [-0.1, -0.05) is 12.1 Å². The lowest BCUT2D eigenvalue weighted by molar-refractivity contribution is 0.00578. The van der Waals surface area contributed by atoms with Crippen LogP contribution in [0.4, 0.5) is 4.79 Å². The molecule has 0 spiro atoms. The van der Waals surface area contributed by atoms with Crippen LogP contribution in [0.25, 0.3) is 10.9 Å². The van der Waals surface area contributed by atoms with Crippen LogP contribution in [-0.2, 0) is 20.6 Å². The number of ether oxygens (including phenoxy) is 1. The number of hydrogen-bond donors (Lipinski definition) is 0. The molecular formula is C26H40BN3O4. The van der Waals surface area contributed by atoms with Gasteiger partial charge in [-0.2, -0.15) is 0 Å². The van der Waals surface area contributed by atoms with Gasteiger partial charge in [0.25, 0.3) is 0 Å². The van der Waals surface area contributed by atoms with Gasteiger partial charge in [-0.15, -0.1) is 0 Å². The number of carbonyl (C=O) groups is 1. The number of nitrogens with zero attached hydrogens (tertiary/aromatic N) is 3. The Labute approximate surface area is 204 Å². The summed E-state index contributed by atoms with van der Waals surface area (Å²) >= 11 is 0. The molecule has 4 rings (SSSR count). The predicted octanol–water partition coefficient (Wildman–Crippen LogP) is 3.88. The molecule has 1 amide bonds. The molecule has 0 unspecified atom stereocenters. The van der Waals surface area contributed by atoms with Gasteiger partial charge in [-0.3, -0.25) is 4.90 Å². The summed E-state index contributed by atoms with van der Waals surface area (Å²) < 4.78 is 20.3. The highest BCUT2D eigenvalue weighted by atomic mass is 16.7. The van der Waals surface area contributed by atoms with Gasteiger partial charge in [-0.05, 0) is 84.4 Å². The van der Waals surface area contributed by atoms with E-state index in [0.29, 0.717) is 0 Å². The average Bonchev–Trinajstić information content (AvgIpc) is 3.23. The second-order valence-corrected chi connectivity index (χ2v) is 11.6. The molecule has 34 heavy (non-hydrogen) atoms. The second kappa shape index (κ2) is 9.21. The van der Waals surface area contributed by atoms with Gasteiger partial charge in [0.2, 0.25) is 0 Å². The largest absolute Gasteiger partial charge is 0.494 e. The van der Waals surface area contributed by atoms with E-state index in [1.54, 1.807) is 0 Å². The molecule has 0 saturated carbocycles. The number of carbonyl (C=O) groups excluding carboxylic acids is 1. The molecule has 0 N–H and O–H groups in total. The van der Waals surface area contributed by atoms with Crippen molar-refractivity contribution in [2.45, 2.75) is 78.2 Å². The summed E-state index contributed by atoms with van der Waals surface area (Å²) in [5.74, 6) is 0. The van der Waals surface area contributed by atoms with Crippen LogP contribution in [0.15, 0.2) is 30.5 Å². The maximum absolute atomic E-state index is 12.3. The fourth-order valence-electron chi connectivity index (χ4n) is 4.47. The minimum absolute atomic E-state index is 0.205. The lowest BCUT2D eigenvalue weighted by Gasteiger charge is -2.35. The molecule has 0 aliphatic carbocycles. The molecule has 2 aliphatic rings. The van der Waals surface area contributed by atoms with Gasteiger partial charge in [0.15, 0.2) is 0 Å². The van der Waals surface area contributed by atoms with Gasteiger partial charge in [0, 0.05) is 44.4 Å². The van der Waals surface area contributed by atoms with Gasteiger partial charge >= 0.3 is 13.2 Å². The summed E-state index contributed by atoms with van der Waals surface area (Å²) in [7, 11) is -0.348. The SMILES string of the molecule is CC(C)(C)OC(=O)N1CCN(CCCn2ccc3ccc(B4OC(C)(C)C(C)(C)O4)cc32)CC1. The van der Waals surface area contributed by atoms with Crippen molar-refractivity contribution in [2.24, 2.45) is 0 Å². The van der Waals surface area contributed by atoms with Crippen LogP contribution < -0.4 is 5.46 Å². The van der Waals surface area contributed by atoms with Crippen molar-refractivity contribution < 1.29 is 18.8 Å². The summed E-state index contributed by atoms with van der Waals surface area (Å²) in [6.45, 7) is 19.2. The molecule has 0 bridgehead atoms. The number of fused-ring (bicyclic) bond motifs is 1. The highest BCUT2D eigenvalue weighted by Gasteiger charge is 2.51. The summed E-state index contributed by atoms with van der Waals surface area (Å²) in [5.41, 5.74) is 1.13. The van der Waals surface area contributed by atoms with E-state index in [1.807, 2.05) is 25.7 Å². The van der Waals surface area contributed by atoms with Crippen LogP contribution >= 0.6 is 0 Å². The smallest absolute Gasteiger partial charge is 0.444 e. The lowest BCUT2D eigenvalue weighted by atomic mass is 9.79. The molecule has 8 heteroatoms. The van der Waals surface area contributed by atoms with Gasteiger partial charge < -0.3 is 23.5 Å². The zero-order chi connectivity index (χ0) is 24.7. The van der Waals surface area contributed by atoms with Gasteiger partial charge in [0.1, 0.15) is 5.60 Å². The molecule has 1 aromatic heterocycles. The Morgan fingerprint density at radius 2 is 1.65 bits per heavy atom. The molecular weight excluding hydrogens is 429 g/mol. The van der Waals surface area contributed by atoms with E-state index in [9.17, 15) is 4.79 Å². The number of rotatable bonds is 5. The normalized spacial score (nSPS) is 20.8. The van der Waals surface area contributed by atoms with Crippen molar-refractivity contribution in [1.82, 2.24) is 14.4 Å². The van der Waals surface area contributed by atoms with Crippen LogP contribution in [0.2, 0.25) is 0 Å². The maximum atomic E-state index is 12.3. The zero-order valence-corrected chi connectivity index (χ0v) is 21.9. The van der Waals surface area contributed by atoms with Gasteiger partial charge in [0.05, 0.1) is 11.2 Å². The van der Waals surface area contributed by atoms with E-state index in [0.717, 1.165) is 51.2 Å². The predicted molar refractivity (Wildman–Crippen MR) is 137 cm³/mol. The van der Waals surface area contributed by atoms with Crippen LogP contribution in [-0.4, -0.2) is 77.1 Å². The summed E-state index contributed by atoms with van der Waals surface area (Å²) in [6, 6.07) is 8.64. The van der Waals surface area contributed by atoms with Crippen molar-refractivity contribution in [1.29, 1.82) is 0 Å².